The minimum absolute atomic E-state index is 0.350. The lowest BCUT2D eigenvalue weighted by molar-refractivity contribution is 0.529. The summed E-state index contributed by atoms with van der Waals surface area (Å²) in [5, 5.41) is 8.23. The summed E-state index contributed by atoms with van der Waals surface area (Å²) in [5.74, 6) is 0. The van der Waals surface area contributed by atoms with E-state index in [-0.39, 0.29) is 0 Å². The van der Waals surface area contributed by atoms with E-state index in [1.807, 2.05) is 4.68 Å². The summed E-state index contributed by atoms with van der Waals surface area (Å²) in [4.78, 5) is 0. The van der Waals surface area contributed by atoms with Crippen molar-refractivity contribution in [1.29, 1.82) is 0 Å². The van der Waals surface area contributed by atoms with E-state index in [9.17, 15) is 0 Å². The van der Waals surface area contributed by atoms with E-state index in [1.165, 1.54) is 16.7 Å². The molecule has 1 heterocycles. The number of hydrogen-bond acceptors (Lipinski definition) is 2. The molecule has 21 heavy (non-hydrogen) atoms. The lowest BCUT2D eigenvalue weighted by Gasteiger charge is -2.17. The van der Waals surface area contributed by atoms with Crippen LogP contribution in [0.3, 0.4) is 0 Å². The largest absolute Gasteiger partial charge is 0.310 e. The molecule has 3 heteroatoms. The van der Waals surface area contributed by atoms with Gasteiger partial charge < -0.3 is 5.32 Å². The first-order valence-electron chi connectivity index (χ1n) is 7.93. The molecule has 0 radical (unpaired) electrons. The first-order valence-corrected chi connectivity index (χ1v) is 7.93. The molecule has 1 unspecified atom stereocenters. The van der Waals surface area contributed by atoms with Crippen molar-refractivity contribution in [2.24, 2.45) is 0 Å². The zero-order valence-corrected chi connectivity index (χ0v) is 13.9. The number of nitrogens with one attached hydrogen (secondary N) is 1. The van der Waals surface area contributed by atoms with E-state index >= 15 is 0 Å². The topological polar surface area (TPSA) is 29.9 Å². The smallest absolute Gasteiger partial charge is 0.0672 e. The number of nitrogens with zero attached hydrogens (tertiary/aromatic N) is 2. The Bertz CT molecular complexity index is 584. The maximum absolute atomic E-state index is 4.65. The summed E-state index contributed by atoms with van der Waals surface area (Å²) in [6.07, 6.45) is 3.32. The number of aromatic nitrogens is 2. The molecular formula is C18H27N3. The van der Waals surface area contributed by atoms with Crippen molar-refractivity contribution >= 4 is 0 Å². The van der Waals surface area contributed by atoms with Gasteiger partial charge in [0.05, 0.1) is 5.69 Å². The van der Waals surface area contributed by atoms with Gasteiger partial charge in [-0.15, -0.1) is 0 Å². The van der Waals surface area contributed by atoms with Crippen molar-refractivity contribution in [2.45, 2.75) is 53.1 Å². The summed E-state index contributed by atoms with van der Waals surface area (Å²) < 4.78 is 2.05. The second-order valence-electron chi connectivity index (χ2n) is 5.97. The Labute approximate surface area is 128 Å². The first-order chi connectivity index (χ1) is 10.0. The van der Waals surface area contributed by atoms with E-state index in [4.69, 9.17) is 0 Å². The predicted octanol–water partition coefficient (Wildman–Crippen LogP) is 4.50. The van der Waals surface area contributed by atoms with Gasteiger partial charge in [-0.25, -0.2) is 0 Å². The van der Waals surface area contributed by atoms with Crippen LogP contribution >= 0.6 is 0 Å². The first kappa shape index (κ1) is 15.8. The molecule has 3 nitrogen and oxygen atoms in total. The van der Waals surface area contributed by atoms with Crippen molar-refractivity contribution in [1.82, 2.24) is 15.1 Å². The maximum Gasteiger partial charge on any atom is 0.0672 e. The summed E-state index contributed by atoms with van der Waals surface area (Å²) >= 11 is 0. The van der Waals surface area contributed by atoms with Crippen LogP contribution in [0.1, 0.15) is 57.5 Å². The molecule has 0 aliphatic carbocycles. The van der Waals surface area contributed by atoms with Crippen LogP contribution in [0.5, 0.6) is 0 Å². The molecule has 0 saturated carbocycles. The number of hydrogen-bond donors (Lipinski definition) is 1. The molecule has 0 amide bonds. The van der Waals surface area contributed by atoms with Crippen molar-refractivity contribution < 1.29 is 0 Å². The van der Waals surface area contributed by atoms with E-state index in [0.717, 1.165) is 18.7 Å². The van der Waals surface area contributed by atoms with E-state index < -0.39 is 0 Å². The molecule has 1 aromatic carbocycles. The highest BCUT2D eigenvalue weighted by molar-refractivity contribution is 5.69. The van der Waals surface area contributed by atoms with Crippen molar-refractivity contribution in [2.75, 3.05) is 6.54 Å². The zero-order valence-electron chi connectivity index (χ0n) is 13.9. The Morgan fingerprint density at radius 3 is 2.48 bits per heavy atom. The Morgan fingerprint density at radius 2 is 1.86 bits per heavy atom. The Hall–Kier alpha value is -1.61. The standard InChI is InChI=1S/C18H27N3/c1-6-11-19-14(4)16-9-7-8-10-17(16)18-12-21(13(2)3)20-15(18)5/h7-10,12-14,19H,6,11H2,1-5H3. The van der Waals surface area contributed by atoms with Gasteiger partial charge >= 0.3 is 0 Å². The lowest BCUT2D eigenvalue weighted by atomic mass is 9.96. The van der Waals surface area contributed by atoms with Crippen molar-refractivity contribution in [3.63, 3.8) is 0 Å². The molecule has 0 fully saturated rings. The van der Waals surface area contributed by atoms with E-state index in [0.29, 0.717) is 12.1 Å². The molecule has 0 spiro atoms. The third-order valence-electron chi connectivity index (χ3n) is 3.86. The lowest BCUT2D eigenvalue weighted by Crippen LogP contribution is -2.19. The predicted molar refractivity (Wildman–Crippen MR) is 89.5 cm³/mol. The fourth-order valence-corrected chi connectivity index (χ4v) is 2.60. The molecule has 0 saturated heterocycles. The van der Waals surface area contributed by atoms with Gasteiger partial charge in [0.1, 0.15) is 0 Å². The van der Waals surface area contributed by atoms with Gasteiger partial charge in [0.2, 0.25) is 0 Å². The van der Waals surface area contributed by atoms with Crippen LogP contribution in [0, 0.1) is 6.92 Å². The molecule has 2 aromatic rings. The molecule has 1 N–H and O–H groups in total. The highest BCUT2D eigenvalue weighted by Crippen LogP contribution is 2.30. The van der Waals surface area contributed by atoms with E-state index in [1.54, 1.807) is 0 Å². The normalized spacial score (nSPS) is 12.9. The van der Waals surface area contributed by atoms with Gasteiger partial charge in [0, 0.05) is 23.8 Å². The third kappa shape index (κ3) is 3.53. The van der Waals surface area contributed by atoms with Crippen LogP contribution in [0.25, 0.3) is 11.1 Å². The molecule has 1 atom stereocenters. The third-order valence-corrected chi connectivity index (χ3v) is 3.86. The average Bonchev–Trinajstić information content (AvgIpc) is 2.87. The molecule has 1 aromatic heterocycles. The molecule has 0 aliphatic heterocycles. The Kier molecular flexibility index (Phi) is 5.18. The van der Waals surface area contributed by atoms with Crippen LogP contribution in [-0.4, -0.2) is 16.3 Å². The molecular weight excluding hydrogens is 258 g/mol. The molecule has 0 aliphatic rings. The molecule has 2 rings (SSSR count). The maximum atomic E-state index is 4.65. The highest BCUT2D eigenvalue weighted by atomic mass is 15.3. The second kappa shape index (κ2) is 6.90. The van der Waals surface area contributed by atoms with Gasteiger partial charge in [0.15, 0.2) is 0 Å². The fraction of sp³-hybridized carbons (Fsp3) is 0.500. The summed E-state index contributed by atoms with van der Waals surface area (Å²) in [6, 6.07) is 9.38. The fourth-order valence-electron chi connectivity index (χ4n) is 2.60. The summed E-state index contributed by atoms with van der Waals surface area (Å²) in [5.41, 5.74) is 4.97. The van der Waals surface area contributed by atoms with Crippen LogP contribution in [0.15, 0.2) is 30.5 Å². The minimum Gasteiger partial charge on any atom is -0.310 e. The number of benzene rings is 1. The number of aryl methyl sites for hydroxylation is 1. The van der Waals surface area contributed by atoms with Crippen LogP contribution in [-0.2, 0) is 0 Å². The van der Waals surface area contributed by atoms with Crippen LogP contribution in [0.2, 0.25) is 0 Å². The van der Waals surface area contributed by atoms with Gasteiger partial charge in [-0.3, -0.25) is 4.68 Å². The quantitative estimate of drug-likeness (QED) is 0.847. The SMILES string of the molecule is CCCNC(C)c1ccccc1-c1cn(C(C)C)nc1C. The van der Waals surface area contributed by atoms with Gasteiger partial charge in [-0.1, -0.05) is 31.2 Å². The highest BCUT2D eigenvalue weighted by Gasteiger charge is 2.15. The Balaban J connectivity index is 2.40. The van der Waals surface area contributed by atoms with Gasteiger partial charge in [-0.05, 0) is 51.8 Å². The minimum atomic E-state index is 0.350. The van der Waals surface area contributed by atoms with Crippen molar-refractivity contribution in [3.05, 3.63) is 41.7 Å². The van der Waals surface area contributed by atoms with Gasteiger partial charge in [0.25, 0.3) is 0 Å². The van der Waals surface area contributed by atoms with Gasteiger partial charge in [-0.2, -0.15) is 5.10 Å². The molecule has 114 valence electrons. The van der Waals surface area contributed by atoms with E-state index in [2.05, 4.69) is 75.5 Å². The van der Waals surface area contributed by atoms with Crippen LogP contribution in [0.4, 0.5) is 0 Å². The second-order valence-corrected chi connectivity index (χ2v) is 5.97. The number of rotatable bonds is 6. The van der Waals surface area contributed by atoms with Crippen LogP contribution < -0.4 is 5.32 Å². The summed E-state index contributed by atoms with van der Waals surface area (Å²) in [7, 11) is 0. The summed E-state index contributed by atoms with van der Waals surface area (Å²) in [6.45, 7) is 11.9. The van der Waals surface area contributed by atoms with Crippen molar-refractivity contribution in [3.8, 4) is 11.1 Å². The zero-order chi connectivity index (χ0) is 15.4. The molecule has 0 bridgehead atoms. The monoisotopic (exact) mass is 285 g/mol. The average molecular weight is 285 g/mol. The Morgan fingerprint density at radius 1 is 1.14 bits per heavy atom.